The van der Waals surface area contributed by atoms with Crippen LogP contribution in [0, 0.1) is 13.8 Å². The number of aromatic nitrogens is 2. The summed E-state index contributed by atoms with van der Waals surface area (Å²) in [6, 6.07) is 11.9. The Morgan fingerprint density at radius 2 is 2.04 bits per heavy atom. The van der Waals surface area contributed by atoms with Crippen molar-refractivity contribution in [3.8, 4) is 0 Å². The Morgan fingerprint density at radius 3 is 2.71 bits per heavy atom. The van der Waals surface area contributed by atoms with Crippen molar-refractivity contribution in [1.29, 1.82) is 0 Å². The number of hydrogen-bond donors (Lipinski definition) is 1. The van der Waals surface area contributed by atoms with Crippen LogP contribution in [0.2, 0.25) is 0 Å². The SMILES string of the molecule is Cc1cc([C@H](C)NC(=O)c2cnn(Cc3ccccc3)c2)c(C)o1. The number of hydrogen-bond acceptors (Lipinski definition) is 3. The molecule has 0 spiro atoms. The van der Waals surface area contributed by atoms with Crippen molar-refractivity contribution in [2.75, 3.05) is 0 Å². The molecular formula is C19H21N3O2. The third-order valence-corrected chi connectivity index (χ3v) is 3.98. The van der Waals surface area contributed by atoms with Crippen molar-refractivity contribution < 1.29 is 9.21 Å². The number of carbonyl (C=O) groups excluding carboxylic acids is 1. The molecule has 0 unspecified atom stereocenters. The van der Waals surface area contributed by atoms with Crippen molar-refractivity contribution in [2.24, 2.45) is 0 Å². The van der Waals surface area contributed by atoms with Crippen molar-refractivity contribution in [3.05, 3.63) is 77.0 Å². The molecule has 1 aromatic carbocycles. The highest BCUT2D eigenvalue weighted by molar-refractivity contribution is 5.93. The first-order chi connectivity index (χ1) is 11.5. The molecule has 1 N–H and O–H groups in total. The highest BCUT2D eigenvalue weighted by Gasteiger charge is 2.17. The molecule has 2 heterocycles. The topological polar surface area (TPSA) is 60.1 Å². The highest BCUT2D eigenvalue weighted by atomic mass is 16.3. The number of aryl methyl sites for hydroxylation is 2. The van der Waals surface area contributed by atoms with Gasteiger partial charge >= 0.3 is 0 Å². The van der Waals surface area contributed by atoms with E-state index in [1.54, 1.807) is 17.1 Å². The Morgan fingerprint density at radius 1 is 1.29 bits per heavy atom. The normalized spacial score (nSPS) is 12.1. The van der Waals surface area contributed by atoms with Crippen molar-refractivity contribution in [2.45, 2.75) is 33.4 Å². The Hall–Kier alpha value is -2.82. The van der Waals surface area contributed by atoms with Gasteiger partial charge in [-0.15, -0.1) is 0 Å². The first kappa shape index (κ1) is 16.1. The summed E-state index contributed by atoms with van der Waals surface area (Å²) in [6.07, 6.45) is 3.36. The molecule has 2 aromatic heterocycles. The molecular weight excluding hydrogens is 302 g/mol. The summed E-state index contributed by atoms with van der Waals surface area (Å²) >= 11 is 0. The standard InChI is InChI=1S/C19H21N3O2/c1-13-9-18(15(3)24-13)14(2)21-19(23)17-10-20-22(12-17)11-16-7-5-4-6-8-16/h4-10,12,14H,11H2,1-3H3,(H,21,23)/t14-/m0/s1. The molecule has 0 aliphatic rings. The van der Waals surface area contributed by atoms with Gasteiger partial charge in [-0.2, -0.15) is 5.10 Å². The van der Waals surface area contributed by atoms with E-state index in [1.165, 1.54) is 0 Å². The summed E-state index contributed by atoms with van der Waals surface area (Å²) in [5, 5.41) is 7.26. The van der Waals surface area contributed by atoms with Gasteiger partial charge in [0.15, 0.2) is 0 Å². The number of benzene rings is 1. The van der Waals surface area contributed by atoms with Crippen LogP contribution in [0.1, 0.15) is 46.0 Å². The Labute approximate surface area is 141 Å². The van der Waals surface area contributed by atoms with Crippen LogP contribution in [0.3, 0.4) is 0 Å². The van der Waals surface area contributed by atoms with Gasteiger partial charge in [0.05, 0.1) is 24.3 Å². The molecule has 0 bridgehead atoms. The Kier molecular flexibility index (Phi) is 4.51. The predicted octanol–water partition coefficient (Wildman–Crippen LogP) is 3.63. The molecule has 5 heteroatoms. The van der Waals surface area contributed by atoms with E-state index >= 15 is 0 Å². The monoisotopic (exact) mass is 323 g/mol. The van der Waals surface area contributed by atoms with Crippen LogP contribution in [0.4, 0.5) is 0 Å². The molecule has 24 heavy (non-hydrogen) atoms. The van der Waals surface area contributed by atoms with Crippen LogP contribution in [0.25, 0.3) is 0 Å². The first-order valence-electron chi connectivity index (χ1n) is 7.97. The fourth-order valence-electron chi connectivity index (χ4n) is 2.78. The molecule has 1 atom stereocenters. The summed E-state index contributed by atoms with van der Waals surface area (Å²) in [5.74, 6) is 1.54. The third-order valence-electron chi connectivity index (χ3n) is 3.98. The molecule has 5 nitrogen and oxygen atoms in total. The van der Waals surface area contributed by atoms with E-state index in [0.29, 0.717) is 12.1 Å². The van der Waals surface area contributed by atoms with Gasteiger partial charge in [-0.1, -0.05) is 30.3 Å². The average Bonchev–Trinajstić information content (AvgIpc) is 3.14. The number of carbonyl (C=O) groups is 1. The largest absolute Gasteiger partial charge is 0.466 e. The van der Waals surface area contributed by atoms with Crippen LogP contribution in [-0.4, -0.2) is 15.7 Å². The van der Waals surface area contributed by atoms with E-state index < -0.39 is 0 Å². The minimum absolute atomic E-state index is 0.118. The second kappa shape index (κ2) is 6.74. The summed E-state index contributed by atoms with van der Waals surface area (Å²) in [4.78, 5) is 12.4. The quantitative estimate of drug-likeness (QED) is 0.780. The number of nitrogens with zero attached hydrogens (tertiary/aromatic N) is 2. The lowest BCUT2D eigenvalue weighted by molar-refractivity contribution is 0.0939. The van der Waals surface area contributed by atoms with Gasteiger partial charge in [0, 0.05) is 11.8 Å². The lowest BCUT2D eigenvalue weighted by Crippen LogP contribution is -2.26. The summed E-state index contributed by atoms with van der Waals surface area (Å²) < 4.78 is 7.29. The van der Waals surface area contributed by atoms with Crippen LogP contribution in [-0.2, 0) is 6.54 Å². The van der Waals surface area contributed by atoms with E-state index in [0.717, 1.165) is 22.6 Å². The van der Waals surface area contributed by atoms with Crippen molar-refractivity contribution in [3.63, 3.8) is 0 Å². The summed E-state index contributed by atoms with van der Waals surface area (Å²) in [5.41, 5.74) is 2.69. The van der Waals surface area contributed by atoms with Gasteiger partial charge in [0.1, 0.15) is 11.5 Å². The maximum Gasteiger partial charge on any atom is 0.254 e. The Balaban J connectivity index is 1.66. The van der Waals surface area contributed by atoms with Crippen molar-refractivity contribution >= 4 is 5.91 Å². The van der Waals surface area contributed by atoms with Crippen LogP contribution in [0.15, 0.2) is 53.2 Å². The maximum atomic E-state index is 12.4. The Bertz CT molecular complexity index is 833. The van der Waals surface area contributed by atoms with E-state index in [4.69, 9.17) is 4.42 Å². The molecule has 0 aliphatic heterocycles. The van der Waals surface area contributed by atoms with Crippen LogP contribution in [0.5, 0.6) is 0 Å². The average molecular weight is 323 g/mol. The minimum atomic E-state index is -0.139. The smallest absolute Gasteiger partial charge is 0.254 e. The first-order valence-corrected chi connectivity index (χ1v) is 7.97. The van der Waals surface area contributed by atoms with E-state index in [-0.39, 0.29) is 11.9 Å². The van der Waals surface area contributed by atoms with E-state index in [2.05, 4.69) is 10.4 Å². The molecule has 0 saturated heterocycles. The maximum absolute atomic E-state index is 12.4. The molecule has 0 aliphatic carbocycles. The summed E-state index contributed by atoms with van der Waals surface area (Å²) in [6.45, 7) is 6.40. The summed E-state index contributed by atoms with van der Waals surface area (Å²) in [7, 11) is 0. The van der Waals surface area contributed by atoms with Gasteiger partial charge < -0.3 is 9.73 Å². The minimum Gasteiger partial charge on any atom is -0.466 e. The molecule has 0 fully saturated rings. The van der Waals surface area contributed by atoms with Gasteiger partial charge in [-0.05, 0) is 32.4 Å². The second-order valence-corrected chi connectivity index (χ2v) is 5.98. The van der Waals surface area contributed by atoms with Gasteiger partial charge in [-0.3, -0.25) is 9.48 Å². The molecule has 3 aromatic rings. The number of amides is 1. The molecule has 0 saturated carbocycles. The number of furan rings is 1. The van der Waals surface area contributed by atoms with E-state index in [9.17, 15) is 4.79 Å². The lowest BCUT2D eigenvalue weighted by atomic mass is 10.1. The zero-order valence-electron chi connectivity index (χ0n) is 14.1. The fraction of sp³-hybridized carbons (Fsp3) is 0.263. The highest BCUT2D eigenvalue weighted by Crippen LogP contribution is 2.21. The molecule has 0 radical (unpaired) electrons. The van der Waals surface area contributed by atoms with E-state index in [1.807, 2.05) is 57.2 Å². The zero-order chi connectivity index (χ0) is 17.1. The molecule has 124 valence electrons. The zero-order valence-corrected chi connectivity index (χ0v) is 14.1. The molecule has 3 rings (SSSR count). The van der Waals surface area contributed by atoms with Crippen LogP contribution < -0.4 is 5.32 Å². The van der Waals surface area contributed by atoms with Gasteiger partial charge in [0.25, 0.3) is 5.91 Å². The fourth-order valence-corrected chi connectivity index (χ4v) is 2.78. The van der Waals surface area contributed by atoms with Gasteiger partial charge in [-0.25, -0.2) is 0 Å². The van der Waals surface area contributed by atoms with Gasteiger partial charge in [0.2, 0.25) is 0 Å². The third kappa shape index (κ3) is 3.56. The van der Waals surface area contributed by atoms with Crippen LogP contribution >= 0.6 is 0 Å². The number of nitrogens with one attached hydrogen (secondary N) is 1. The predicted molar refractivity (Wildman–Crippen MR) is 91.8 cm³/mol. The lowest BCUT2D eigenvalue weighted by Gasteiger charge is -2.12. The number of rotatable bonds is 5. The second-order valence-electron chi connectivity index (χ2n) is 5.98. The molecule has 1 amide bonds. The van der Waals surface area contributed by atoms with Crippen molar-refractivity contribution in [1.82, 2.24) is 15.1 Å².